The van der Waals surface area contributed by atoms with Gasteiger partial charge in [-0.05, 0) is 11.6 Å². The number of hydrogen-bond acceptors (Lipinski definition) is 3. The minimum atomic E-state index is 0.463. The fourth-order valence-electron chi connectivity index (χ4n) is 2.01. The van der Waals surface area contributed by atoms with Crippen LogP contribution in [0.5, 0.6) is 0 Å². The summed E-state index contributed by atoms with van der Waals surface area (Å²) < 4.78 is 1.70. The molecule has 0 spiro atoms. The lowest BCUT2D eigenvalue weighted by atomic mass is 10.1. The number of nitrogens with one attached hydrogen (secondary N) is 1. The average Bonchev–Trinajstić information content (AvgIpc) is 2.78. The number of fused-ring (bicyclic) bond motifs is 1. The van der Waals surface area contributed by atoms with Crippen LogP contribution in [-0.4, -0.2) is 22.6 Å². The molecule has 2 aromatic rings. The average molecular weight is 225 g/mol. The van der Waals surface area contributed by atoms with E-state index in [-0.39, 0.29) is 0 Å². The normalized spacial score (nSPS) is 12.9. The maximum Gasteiger partial charge on any atom is 0.171 e. The first-order valence-corrected chi connectivity index (χ1v) is 5.44. The van der Waals surface area contributed by atoms with Crippen LogP contribution in [0.3, 0.4) is 0 Å². The molecule has 84 valence electrons. The number of benzene rings is 1. The van der Waals surface area contributed by atoms with Crippen molar-refractivity contribution in [3.8, 4) is 11.1 Å². The van der Waals surface area contributed by atoms with Gasteiger partial charge in [0.1, 0.15) is 11.5 Å². The Morgan fingerprint density at radius 2 is 2.12 bits per heavy atom. The molecular weight excluding hydrogens is 214 g/mol. The number of carbonyl (C=O) groups excluding carboxylic acids is 1. The Morgan fingerprint density at radius 3 is 2.88 bits per heavy atom. The Bertz CT molecular complexity index is 584. The van der Waals surface area contributed by atoms with Gasteiger partial charge in [-0.2, -0.15) is 5.10 Å². The predicted octanol–water partition coefficient (Wildman–Crippen LogP) is 2.26. The lowest BCUT2D eigenvalue weighted by Gasteiger charge is -2.11. The van der Waals surface area contributed by atoms with Crippen molar-refractivity contribution in [1.82, 2.24) is 9.78 Å². The van der Waals surface area contributed by atoms with Gasteiger partial charge in [0.2, 0.25) is 0 Å². The molecule has 0 aliphatic carbocycles. The van der Waals surface area contributed by atoms with Gasteiger partial charge in [-0.1, -0.05) is 30.3 Å². The third-order valence-electron chi connectivity index (χ3n) is 2.75. The van der Waals surface area contributed by atoms with E-state index in [4.69, 9.17) is 0 Å². The number of aldehydes is 1. The summed E-state index contributed by atoms with van der Waals surface area (Å²) in [5.41, 5.74) is 2.33. The highest BCUT2D eigenvalue weighted by Gasteiger charge is 2.18. The van der Waals surface area contributed by atoms with Crippen LogP contribution < -0.4 is 5.32 Å². The van der Waals surface area contributed by atoms with E-state index < -0.39 is 0 Å². The fraction of sp³-hybridized carbons (Fsp3) is 0.0769. The predicted molar refractivity (Wildman–Crippen MR) is 66.9 cm³/mol. The molecule has 2 heterocycles. The topological polar surface area (TPSA) is 46.9 Å². The summed E-state index contributed by atoms with van der Waals surface area (Å²) >= 11 is 0. The van der Waals surface area contributed by atoms with E-state index in [2.05, 4.69) is 10.4 Å². The smallest absolute Gasteiger partial charge is 0.171 e. The molecule has 0 unspecified atom stereocenters. The second kappa shape index (κ2) is 3.90. The molecule has 1 aromatic heterocycles. The molecule has 3 rings (SSSR count). The first-order chi connectivity index (χ1) is 8.40. The summed E-state index contributed by atoms with van der Waals surface area (Å²) in [6.07, 6.45) is 4.62. The second-order valence-electron chi connectivity index (χ2n) is 3.80. The highest BCUT2D eigenvalue weighted by molar-refractivity contribution is 5.92. The van der Waals surface area contributed by atoms with Crippen molar-refractivity contribution in [3.05, 3.63) is 42.1 Å². The minimum Gasteiger partial charge on any atom is -0.366 e. The molecule has 1 aliphatic rings. The van der Waals surface area contributed by atoms with Crippen molar-refractivity contribution in [2.75, 3.05) is 11.9 Å². The Morgan fingerprint density at radius 1 is 1.29 bits per heavy atom. The number of anilines is 1. The number of hydrogen-bond donors (Lipinski definition) is 1. The van der Waals surface area contributed by atoms with Crippen molar-refractivity contribution in [1.29, 1.82) is 0 Å². The van der Waals surface area contributed by atoms with Crippen molar-refractivity contribution in [2.45, 2.75) is 0 Å². The number of aromatic nitrogens is 2. The molecule has 4 heteroatoms. The lowest BCUT2D eigenvalue weighted by Crippen LogP contribution is -2.09. The summed E-state index contributed by atoms with van der Waals surface area (Å²) in [4.78, 5) is 11.1. The first-order valence-electron chi connectivity index (χ1n) is 5.44. The molecule has 0 fully saturated rings. The number of rotatable bonds is 2. The zero-order chi connectivity index (χ0) is 11.7. The molecule has 0 saturated heterocycles. The highest BCUT2D eigenvalue weighted by Crippen LogP contribution is 2.32. The van der Waals surface area contributed by atoms with E-state index in [1.165, 1.54) is 0 Å². The summed E-state index contributed by atoms with van der Waals surface area (Å²) in [7, 11) is 0. The molecular formula is C13H11N3O. The van der Waals surface area contributed by atoms with Crippen molar-refractivity contribution in [3.63, 3.8) is 0 Å². The van der Waals surface area contributed by atoms with E-state index in [1.807, 2.05) is 42.6 Å². The Labute approximate surface area is 98.6 Å². The van der Waals surface area contributed by atoms with Gasteiger partial charge in [0.25, 0.3) is 0 Å². The van der Waals surface area contributed by atoms with Crippen molar-refractivity contribution in [2.24, 2.45) is 0 Å². The summed E-state index contributed by atoms with van der Waals surface area (Å²) in [5, 5.41) is 7.48. The molecule has 17 heavy (non-hydrogen) atoms. The molecule has 0 bridgehead atoms. The molecule has 1 aliphatic heterocycles. The molecule has 0 saturated carbocycles. The van der Waals surface area contributed by atoms with Gasteiger partial charge in [-0.15, -0.1) is 0 Å². The minimum absolute atomic E-state index is 0.463. The largest absolute Gasteiger partial charge is 0.366 e. The fourth-order valence-corrected chi connectivity index (χ4v) is 2.01. The Hall–Kier alpha value is -2.36. The van der Waals surface area contributed by atoms with Crippen LogP contribution in [-0.2, 0) is 0 Å². The van der Waals surface area contributed by atoms with Crippen LogP contribution in [0.1, 0.15) is 10.5 Å². The van der Waals surface area contributed by atoms with Gasteiger partial charge in [0.15, 0.2) is 6.29 Å². The molecule has 1 N–H and O–H groups in total. The van der Waals surface area contributed by atoms with E-state index in [1.54, 1.807) is 4.68 Å². The van der Waals surface area contributed by atoms with Gasteiger partial charge >= 0.3 is 0 Å². The number of nitrogens with zero attached hydrogens (tertiary/aromatic N) is 2. The molecule has 0 amide bonds. The van der Waals surface area contributed by atoms with Crippen LogP contribution in [0.2, 0.25) is 0 Å². The standard InChI is InChI=1S/C13H11N3O/c17-9-11-12(10-5-2-1-3-6-10)13-14-7-4-8-16(13)15-11/h1-6,8-9,14H,7H2. The SMILES string of the molecule is O=Cc1nn2c(c1-c1ccccc1)NCC=C2. The zero-order valence-corrected chi connectivity index (χ0v) is 9.13. The van der Waals surface area contributed by atoms with Crippen LogP contribution >= 0.6 is 0 Å². The highest BCUT2D eigenvalue weighted by atomic mass is 16.1. The summed E-state index contributed by atoms with van der Waals surface area (Å²) in [5.74, 6) is 0.876. The van der Waals surface area contributed by atoms with Gasteiger partial charge < -0.3 is 5.32 Å². The maximum atomic E-state index is 11.1. The van der Waals surface area contributed by atoms with E-state index >= 15 is 0 Å². The Kier molecular flexibility index (Phi) is 2.26. The quantitative estimate of drug-likeness (QED) is 0.797. The van der Waals surface area contributed by atoms with Gasteiger partial charge in [-0.3, -0.25) is 4.79 Å². The van der Waals surface area contributed by atoms with E-state index in [0.29, 0.717) is 5.69 Å². The molecule has 0 atom stereocenters. The zero-order valence-electron chi connectivity index (χ0n) is 9.13. The monoisotopic (exact) mass is 225 g/mol. The van der Waals surface area contributed by atoms with Gasteiger partial charge in [-0.25, -0.2) is 4.68 Å². The summed E-state index contributed by atoms with van der Waals surface area (Å²) in [6, 6.07) is 9.81. The first kappa shape index (κ1) is 9.84. The van der Waals surface area contributed by atoms with Gasteiger partial charge in [0.05, 0.1) is 5.56 Å². The maximum absolute atomic E-state index is 11.1. The van der Waals surface area contributed by atoms with E-state index in [0.717, 1.165) is 29.8 Å². The van der Waals surface area contributed by atoms with E-state index in [9.17, 15) is 4.79 Å². The second-order valence-corrected chi connectivity index (χ2v) is 3.80. The van der Waals surface area contributed by atoms with Crippen molar-refractivity contribution < 1.29 is 4.79 Å². The molecule has 0 radical (unpaired) electrons. The third kappa shape index (κ3) is 1.54. The lowest BCUT2D eigenvalue weighted by molar-refractivity contribution is 0.111. The van der Waals surface area contributed by atoms with Crippen LogP contribution in [0.15, 0.2) is 36.4 Å². The molecule has 1 aromatic carbocycles. The summed E-state index contributed by atoms with van der Waals surface area (Å²) in [6.45, 7) is 0.754. The van der Waals surface area contributed by atoms with Crippen LogP contribution in [0.4, 0.5) is 5.82 Å². The van der Waals surface area contributed by atoms with Crippen LogP contribution in [0, 0.1) is 0 Å². The van der Waals surface area contributed by atoms with Crippen molar-refractivity contribution >= 4 is 18.3 Å². The van der Waals surface area contributed by atoms with Crippen LogP contribution in [0.25, 0.3) is 17.3 Å². The Balaban J connectivity index is 2.25. The number of carbonyl (C=O) groups is 1. The van der Waals surface area contributed by atoms with Gasteiger partial charge in [0, 0.05) is 12.7 Å². The third-order valence-corrected chi connectivity index (χ3v) is 2.75. The molecule has 4 nitrogen and oxygen atoms in total.